The van der Waals surface area contributed by atoms with E-state index in [0.717, 1.165) is 29.8 Å². The molecular formula is C16H24N2O2S. The number of likely N-dealkylation sites (tertiary alicyclic amines) is 1. The Kier molecular flexibility index (Phi) is 5.53. The average Bonchev–Trinajstić information content (AvgIpc) is 2.55. The summed E-state index contributed by atoms with van der Waals surface area (Å²) in [6.07, 6.45) is 4.71. The summed E-state index contributed by atoms with van der Waals surface area (Å²) < 4.78 is 0. The lowest BCUT2D eigenvalue weighted by Crippen LogP contribution is -2.46. The number of benzene rings is 1. The smallest absolute Gasteiger partial charge is 0.321 e. The highest BCUT2D eigenvalue weighted by atomic mass is 32.2. The molecule has 2 rings (SSSR count). The first-order valence-electron chi connectivity index (χ1n) is 7.44. The van der Waals surface area contributed by atoms with Crippen molar-refractivity contribution < 1.29 is 9.90 Å². The van der Waals surface area contributed by atoms with E-state index in [9.17, 15) is 9.90 Å². The molecule has 1 aliphatic rings. The van der Waals surface area contributed by atoms with Gasteiger partial charge in [-0.1, -0.05) is 19.1 Å². The van der Waals surface area contributed by atoms with Crippen LogP contribution in [0.1, 0.15) is 26.2 Å². The van der Waals surface area contributed by atoms with Crippen molar-refractivity contribution in [2.24, 2.45) is 5.41 Å². The summed E-state index contributed by atoms with van der Waals surface area (Å²) in [5, 5.41) is 12.5. The molecule has 0 atom stereocenters. The number of nitrogens with one attached hydrogen (secondary N) is 1. The molecule has 1 saturated heterocycles. The number of aliphatic hydroxyl groups excluding tert-OH is 1. The normalized spacial score (nSPS) is 17.6. The molecule has 1 aliphatic heterocycles. The second-order valence-electron chi connectivity index (χ2n) is 5.63. The van der Waals surface area contributed by atoms with E-state index in [1.54, 1.807) is 11.8 Å². The largest absolute Gasteiger partial charge is 0.396 e. The van der Waals surface area contributed by atoms with Crippen molar-refractivity contribution in [2.75, 3.05) is 31.3 Å². The van der Waals surface area contributed by atoms with Crippen LogP contribution < -0.4 is 5.32 Å². The minimum absolute atomic E-state index is 0.00789. The zero-order valence-electron chi connectivity index (χ0n) is 12.8. The molecule has 1 fully saturated rings. The van der Waals surface area contributed by atoms with Crippen LogP contribution in [0.5, 0.6) is 0 Å². The van der Waals surface area contributed by atoms with Gasteiger partial charge in [0, 0.05) is 24.6 Å². The van der Waals surface area contributed by atoms with Crippen molar-refractivity contribution in [3.8, 4) is 0 Å². The molecule has 2 N–H and O–H groups in total. The molecule has 1 aromatic rings. The number of urea groups is 1. The first-order valence-corrected chi connectivity index (χ1v) is 8.66. The zero-order valence-corrected chi connectivity index (χ0v) is 13.6. The molecular weight excluding hydrogens is 284 g/mol. The highest BCUT2D eigenvalue weighted by molar-refractivity contribution is 7.98. The summed E-state index contributed by atoms with van der Waals surface area (Å²) in [6, 6.07) is 7.79. The number of amides is 2. The lowest BCUT2D eigenvalue weighted by molar-refractivity contribution is 0.0542. The molecule has 0 spiro atoms. The quantitative estimate of drug-likeness (QED) is 0.838. The van der Waals surface area contributed by atoms with E-state index < -0.39 is 0 Å². The average molecular weight is 308 g/mol. The van der Waals surface area contributed by atoms with Crippen LogP contribution in [0, 0.1) is 5.41 Å². The van der Waals surface area contributed by atoms with E-state index >= 15 is 0 Å². The third-order valence-electron chi connectivity index (χ3n) is 4.55. The van der Waals surface area contributed by atoms with Crippen LogP contribution in [0.2, 0.25) is 0 Å². The van der Waals surface area contributed by atoms with E-state index in [1.165, 1.54) is 0 Å². The molecule has 0 aliphatic carbocycles. The molecule has 1 heterocycles. The number of hydrogen-bond donors (Lipinski definition) is 2. The second-order valence-corrected chi connectivity index (χ2v) is 6.48. The van der Waals surface area contributed by atoms with Gasteiger partial charge < -0.3 is 15.3 Å². The van der Waals surface area contributed by atoms with Crippen molar-refractivity contribution in [1.82, 2.24) is 4.90 Å². The van der Waals surface area contributed by atoms with Crippen molar-refractivity contribution in [2.45, 2.75) is 31.1 Å². The molecule has 0 unspecified atom stereocenters. The standard InChI is InChI=1S/C16H24N2O2S/c1-3-16(12-19)8-10-18(11-9-16)15(20)17-13-6-4-5-7-14(13)21-2/h4-7,19H,3,8-12H2,1-2H3,(H,17,20). The van der Waals surface area contributed by atoms with Gasteiger partial charge in [-0.25, -0.2) is 4.79 Å². The number of anilines is 1. The van der Waals surface area contributed by atoms with Gasteiger partial charge in [-0.2, -0.15) is 0 Å². The maximum absolute atomic E-state index is 12.4. The second kappa shape index (κ2) is 7.18. The molecule has 4 nitrogen and oxygen atoms in total. The van der Waals surface area contributed by atoms with Gasteiger partial charge in [0.1, 0.15) is 0 Å². The van der Waals surface area contributed by atoms with Crippen LogP contribution in [0.4, 0.5) is 10.5 Å². The number of aliphatic hydroxyl groups is 1. The number of para-hydroxylation sites is 1. The van der Waals surface area contributed by atoms with Gasteiger partial charge in [0.2, 0.25) is 0 Å². The van der Waals surface area contributed by atoms with Gasteiger partial charge in [0.15, 0.2) is 0 Å². The predicted molar refractivity (Wildman–Crippen MR) is 87.9 cm³/mol. The minimum atomic E-state index is -0.0425. The number of carbonyl (C=O) groups excluding carboxylic acids is 1. The van der Waals surface area contributed by atoms with E-state index in [4.69, 9.17) is 0 Å². The number of nitrogens with zero attached hydrogens (tertiary/aromatic N) is 1. The van der Waals surface area contributed by atoms with Crippen LogP contribution in [0.25, 0.3) is 0 Å². The van der Waals surface area contributed by atoms with Gasteiger partial charge in [-0.05, 0) is 43.1 Å². The van der Waals surface area contributed by atoms with Crippen molar-refractivity contribution >= 4 is 23.5 Å². The monoisotopic (exact) mass is 308 g/mol. The Balaban J connectivity index is 1.96. The fraction of sp³-hybridized carbons (Fsp3) is 0.562. The first-order chi connectivity index (χ1) is 10.1. The number of rotatable bonds is 4. The lowest BCUT2D eigenvalue weighted by atomic mass is 9.77. The van der Waals surface area contributed by atoms with Gasteiger partial charge in [-0.3, -0.25) is 0 Å². The van der Waals surface area contributed by atoms with Crippen molar-refractivity contribution in [3.05, 3.63) is 24.3 Å². The molecule has 116 valence electrons. The number of piperidine rings is 1. The van der Waals surface area contributed by atoms with Crippen LogP contribution in [-0.4, -0.2) is 42.0 Å². The molecule has 0 saturated carbocycles. The highest BCUT2D eigenvalue weighted by Crippen LogP contribution is 2.34. The van der Waals surface area contributed by atoms with E-state index in [1.807, 2.05) is 35.4 Å². The highest BCUT2D eigenvalue weighted by Gasteiger charge is 2.33. The Morgan fingerprint density at radius 3 is 2.62 bits per heavy atom. The maximum Gasteiger partial charge on any atom is 0.321 e. The van der Waals surface area contributed by atoms with Crippen LogP contribution in [-0.2, 0) is 0 Å². The van der Waals surface area contributed by atoms with Crippen molar-refractivity contribution in [1.29, 1.82) is 0 Å². The lowest BCUT2D eigenvalue weighted by Gasteiger charge is -2.40. The third kappa shape index (κ3) is 3.71. The molecule has 0 bridgehead atoms. The Morgan fingerprint density at radius 1 is 1.38 bits per heavy atom. The Hall–Kier alpha value is -1.20. The molecule has 1 aromatic carbocycles. The Bertz CT molecular complexity index is 479. The summed E-state index contributed by atoms with van der Waals surface area (Å²) in [6.45, 7) is 3.75. The van der Waals surface area contributed by atoms with E-state index in [0.29, 0.717) is 13.1 Å². The maximum atomic E-state index is 12.4. The number of carbonyl (C=O) groups is 1. The summed E-state index contributed by atoms with van der Waals surface area (Å²) in [4.78, 5) is 15.3. The summed E-state index contributed by atoms with van der Waals surface area (Å²) in [5.41, 5.74) is 0.873. The van der Waals surface area contributed by atoms with Gasteiger partial charge >= 0.3 is 6.03 Å². The SMILES string of the molecule is CCC1(CO)CCN(C(=O)Nc2ccccc2SC)CC1. The fourth-order valence-corrected chi connectivity index (χ4v) is 3.30. The first kappa shape index (κ1) is 16.2. The summed E-state index contributed by atoms with van der Waals surface area (Å²) in [7, 11) is 0. The Morgan fingerprint density at radius 2 is 2.05 bits per heavy atom. The number of thioether (sulfide) groups is 1. The van der Waals surface area contributed by atoms with Gasteiger partial charge in [-0.15, -0.1) is 11.8 Å². The third-order valence-corrected chi connectivity index (χ3v) is 5.34. The van der Waals surface area contributed by atoms with Crippen LogP contribution >= 0.6 is 11.8 Å². The van der Waals surface area contributed by atoms with Crippen molar-refractivity contribution in [3.63, 3.8) is 0 Å². The van der Waals surface area contributed by atoms with Gasteiger partial charge in [0.05, 0.1) is 5.69 Å². The van der Waals surface area contributed by atoms with Gasteiger partial charge in [0.25, 0.3) is 0 Å². The fourth-order valence-electron chi connectivity index (χ4n) is 2.75. The summed E-state index contributed by atoms with van der Waals surface area (Å²) >= 11 is 1.62. The predicted octanol–water partition coefficient (Wildman–Crippen LogP) is 3.42. The van der Waals surface area contributed by atoms with E-state index in [-0.39, 0.29) is 18.1 Å². The summed E-state index contributed by atoms with van der Waals surface area (Å²) in [5.74, 6) is 0. The van der Waals surface area contributed by atoms with Crippen LogP contribution in [0.15, 0.2) is 29.2 Å². The zero-order chi connectivity index (χ0) is 15.3. The minimum Gasteiger partial charge on any atom is -0.396 e. The van der Waals surface area contributed by atoms with E-state index in [2.05, 4.69) is 12.2 Å². The van der Waals surface area contributed by atoms with Crippen LogP contribution in [0.3, 0.4) is 0 Å². The molecule has 21 heavy (non-hydrogen) atoms. The topological polar surface area (TPSA) is 52.6 Å². The Labute approximate surface area is 130 Å². The molecule has 0 aromatic heterocycles. The number of hydrogen-bond acceptors (Lipinski definition) is 3. The molecule has 2 amide bonds. The molecule has 0 radical (unpaired) electrons. The molecule has 5 heteroatoms.